The lowest BCUT2D eigenvalue weighted by molar-refractivity contribution is -0.129. The summed E-state index contributed by atoms with van der Waals surface area (Å²) in [6, 6.07) is 6.26. The van der Waals surface area contributed by atoms with E-state index < -0.39 is 0 Å². The van der Waals surface area contributed by atoms with Crippen molar-refractivity contribution in [3.63, 3.8) is 0 Å². The molecule has 1 aliphatic heterocycles. The van der Waals surface area contributed by atoms with E-state index in [-0.39, 0.29) is 23.5 Å². The summed E-state index contributed by atoms with van der Waals surface area (Å²) in [4.78, 5) is 25.7. The van der Waals surface area contributed by atoms with Gasteiger partial charge in [0.05, 0.1) is 5.92 Å². The van der Waals surface area contributed by atoms with E-state index >= 15 is 0 Å². The first-order valence-electron chi connectivity index (χ1n) is 7.90. The van der Waals surface area contributed by atoms with Gasteiger partial charge in [-0.15, -0.1) is 0 Å². The molecule has 0 saturated carbocycles. The topological polar surface area (TPSA) is 49.4 Å². The Bertz CT molecular complexity index is 516. The van der Waals surface area contributed by atoms with Gasteiger partial charge >= 0.3 is 0 Å². The molecule has 1 fully saturated rings. The maximum atomic E-state index is 12.8. The zero-order valence-electron chi connectivity index (χ0n) is 13.0. The van der Waals surface area contributed by atoms with Crippen LogP contribution in [0.4, 0.5) is 4.39 Å². The highest BCUT2D eigenvalue weighted by atomic mass is 19.1. The van der Waals surface area contributed by atoms with Gasteiger partial charge in [0.1, 0.15) is 5.82 Å². The van der Waals surface area contributed by atoms with Gasteiger partial charge in [-0.1, -0.05) is 25.5 Å². The number of hydrogen-bond donors (Lipinski definition) is 1. The standard InChI is InChI=1S/C17H23FN2O2/c1-2-3-10-20-12-14(11-16(20)21)17(22)19-9-8-13-4-6-15(18)7-5-13/h4-7,14H,2-3,8-12H2,1H3,(H,19,22)/t14-/m0/s1. The summed E-state index contributed by atoms with van der Waals surface area (Å²) in [5, 5.41) is 2.87. The molecule has 120 valence electrons. The highest BCUT2D eigenvalue weighted by Gasteiger charge is 2.33. The van der Waals surface area contributed by atoms with E-state index in [1.807, 2.05) is 0 Å². The molecular formula is C17H23FN2O2. The summed E-state index contributed by atoms with van der Waals surface area (Å²) >= 11 is 0. The first-order chi connectivity index (χ1) is 10.6. The summed E-state index contributed by atoms with van der Waals surface area (Å²) in [5.74, 6) is -0.483. The van der Waals surface area contributed by atoms with Crippen molar-refractivity contribution in [3.05, 3.63) is 35.6 Å². The minimum absolute atomic E-state index is 0.0607. The van der Waals surface area contributed by atoms with Crippen molar-refractivity contribution in [1.82, 2.24) is 10.2 Å². The van der Waals surface area contributed by atoms with Gasteiger partial charge in [-0.2, -0.15) is 0 Å². The summed E-state index contributed by atoms with van der Waals surface area (Å²) in [7, 11) is 0. The highest BCUT2D eigenvalue weighted by molar-refractivity contribution is 5.89. The molecule has 2 rings (SSSR count). The molecule has 0 aromatic heterocycles. The molecule has 1 aliphatic rings. The van der Waals surface area contributed by atoms with Crippen molar-refractivity contribution in [2.24, 2.45) is 5.92 Å². The lowest BCUT2D eigenvalue weighted by atomic mass is 10.1. The molecule has 0 aliphatic carbocycles. The number of likely N-dealkylation sites (tertiary alicyclic amines) is 1. The normalized spacial score (nSPS) is 17.8. The van der Waals surface area contributed by atoms with E-state index in [0.29, 0.717) is 25.9 Å². The van der Waals surface area contributed by atoms with Crippen LogP contribution in [-0.2, 0) is 16.0 Å². The van der Waals surface area contributed by atoms with E-state index in [4.69, 9.17) is 0 Å². The van der Waals surface area contributed by atoms with Crippen LogP contribution in [0.2, 0.25) is 0 Å². The van der Waals surface area contributed by atoms with Crippen molar-refractivity contribution < 1.29 is 14.0 Å². The van der Waals surface area contributed by atoms with Crippen LogP contribution in [0.3, 0.4) is 0 Å². The van der Waals surface area contributed by atoms with Gasteiger partial charge in [0.25, 0.3) is 0 Å². The van der Waals surface area contributed by atoms with E-state index in [2.05, 4.69) is 12.2 Å². The van der Waals surface area contributed by atoms with Gasteiger partial charge in [0, 0.05) is 26.1 Å². The Morgan fingerprint density at radius 1 is 1.36 bits per heavy atom. The first-order valence-corrected chi connectivity index (χ1v) is 7.90. The third-order valence-corrected chi connectivity index (χ3v) is 3.99. The number of nitrogens with zero attached hydrogens (tertiary/aromatic N) is 1. The number of carbonyl (C=O) groups is 2. The molecule has 22 heavy (non-hydrogen) atoms. The lowest BCUT2D eigenvalue weighted by Crippen LogP contribution is -2.34. The minimum Gasteiger partial charge on any atom is -0.355 e. The van der Waals surface area contributed by atoms with Gasteiger partial charge in [-0.3, -0.25) is 9.59 Å². The van der Waals surface area contributed by atoms with Crippen LogP contribution in [0.15, 0.2) is 24.3 Å². The predicted molar refractivity (Wildman–Crippen MR) is 82.7 cm³/mol. The van der Waals surface area contributed by atoms with Crippen LogP contribution in [0, 0.1) is 11.7 Å². The maximum Gasteiger partial charge on any atom is 0.225 e. The molecule has 1 atom stereocenters. The third kappa shape index (κ3) is 4.55. The maximum absolute atomic E-state index is 12.8. The van der Waals surface area contributed by atoms with E-state index in [1.165, 1.54) is 12.1 Å². The van der Waals surface area contributed by atoms with E-state index in [1.54, 1.807) is 17.0 Å². The Labute approximate surface area is 130 Å². The summed E-state index contributed by atoms with van der Waals surface area (Å²) in [6.07, 6.45) is 2.99. The summed E-state index contributed by atoms with van der Waals surface area (Å²) in [5.41, 5.74) is 0.980. The molecule has 4 nitrogen and oxygen atoms in total. The van der Waals surface area contributed by atoms with E-state index in [9.17, 15) is 14.0 Å². The van der Waals surface area contributed by atoms with Crippen molar-refractivity contribution >= 4 is 11.8 Å². The number of amides is 2. The Balaban J connectivity index is 1.73. The average Bonchev–Trinajstić information content (AvgIpc) is 2.88. The van der Waals surface area contributed by atoms with Crippen molar-refractivity contribution in [3.8, 4) is 0 Å². The summed E-state index contributed by atoms with van der Waals surface area (Å²) in [6.45, 7) is 3.86. The average molecular weight is 306 g/mol. The first kappa shape index (κ1) is 16.5. The second-order valence-corrected chi connectivity index (χ2v) is 5.76. The molecule has 1 saturated heterocycles. The third-order valence-electron chi connectivity index (χ3n) is 3.99. The molecule has 0 radical (unpaired) electrons. The number of rotatable bonds is 7. The minimum atomic E-state index is -0.260. The van der Waals surface area contributed by atoms with Gasteiger partial charge in [-0.25, -0.2) is 4.39 Å². The monoisotopic (exact) mass is 306 g/mol. The number of nitrogens with one attached hydrogen (secondary N) is 1. The zero-order valence-corrected chi connectivity index (χ0v) is 13.0. The molecule has 0 spiro atoms. The number of halogens is 1. The van der Waals surface area contributed by atoms with E-state index in [0.717, 1.165) is 24.9 Å². The highest BCUT2D eigenvalue weighted by Crippen LogP contribution is 2.18. The van der Waals surface area contributed by atoms with Gasteiger partial charge in [-0.05, 0) is 30.5 Å². The van der Waals surface area contributed by atoms with Crippen LogP contribution in [-0.4, -0.2) is 36.3 Å². The summed E-state index contributed by atoms with van der Waals surface area (Å²) < 4.78 is 12.8. The lowest BCUT2D eigenvalue weighted by Gasteiger charge is -2.15. The molecular weight excluding hydrogens is 283 g/mol. The molecule has 1 N–H and O–H groups in total. The number of carbonyl (C=O) groups excluding carboxylic acids is 2. The van der Waals surface area contributed by atoms with Crippen molar-refractivity contribution in [1.29, 1.82) is 0 Å². The fourth-order valence-corrected chi connectivity index (χ4v) is 2.64. The smallest absolute Gasteiger partial charge is 0.225 e. The zero-order chi connectivity index (χ0) is 15.9. The number of benzene rings is 1. The van der Waals surface area contributed by atoms with Crippen LogP contribution < -0.4 is 5.32 Å². The van der Waals surface area contributed by atoms with Crippen molar-refractivity contribution in [2.75, 3.05) is 19.6 Å². The Kier molecular flexibility index (Phi) is 5.92. The largest absolute Gasteiger partial charge is 0.355 e. The fourth-order valence-electron chi connectivity index (χ4n) is 2.64. The Morgan fingerprint density at radius 3 is 2.77 bits per heavy atom. The predicted octanol–water partition coefficient (Wildman–Crippen LogP) is 2.13. The molecule has 5 heteroatoms. The van der Waals surface area contributed by atoms with Gasteiger partial charge < -0.3 is 10.2 Å². The quantitative estimate of drug-likeness (QED) is 0.839. The molecule has 0 bridgehead atoms. The van der Waals surface area contributed by atoms with Crippen LogP contribution in [0.25, 0.3) is 0 Å². The van der Waals surface area contributed by atoms with Crippen LogP contribution in [0.1, 0.15) is 31.7 Å². The molecule has 1 aromatic carbocycles. The van der Waals surface area contributed by atoms with Crippen LogP contribution >= 0.6 is 0 Å². The Morgan fingerprint density at radius 2 is 2.09 bits per heavy atom. The second-order valence-electron chi connectivity index (χ2n) is 5.76. The second kappa shape index (κ2) is 7.92. The SMILES string of the molecule is CCCCN1C[C@@H](C(=O)NCCc2ccc(F)cc2)CC1=O. The molecule has 1 heterocycles. The molecule has 1 aromatic rings. The fraction of sp³-hybridized carbons (Fsp3) is 0.529. The van der Waals surface area contributed by atoms with Gasteiger partial charge in [0.15, 0.2) is 0 Å². The number of hydrogen-bond acceptors (Lipinski definition) is 2. The Hall–Kier alpha value is -1.91. The van der Waals surface area contributed by atoms with Gasteiger partial charge in [0.2, 0.25) is 11.8 Å². The van der Waals surface area contributed by atoms with Crippen LogP contribution in [0.5, 0.6) is 0 Å². The number of unbranched alkanes of at least 4 members (excludes halogenated alkanes) is 1. The van der Waals surface area contributed by atoms with Crippen molar-refractivity contribution in [2.45, 2.75) is 32.6 Å². The molecule has 0 unspecified atom stereocenters. The molecule has 2 amide bonds.